The first-order valence-electron chi connectivity index (χ1n) is 6.51. The first kappa shape index (κ1) is 15.1. The van der Waals surface area contributed by atoms with E-state index in [1.54, 1.807) is 18.5 Å². The topological polar surface area (TPSA) is 70.8 Å². The number of pyridine rings is 2. The highest BCUT2D eigenvalue weighted by Gasteiger charge is 2.10. The van der Waals surface area contributed by atoms with E-state index < -0.39 is 0 Å². The fourth-order valence-corrected chi connectivity index (χ4v) is 1.94. The number of hydrogen-bond donors (Lipinski definition) is 1. The molecule has 0 amide bonds. The van der Waals surface area contributed by atoms with Crippen LogP contribution in [0.5, 0.6) is 5.88 Å². The number of hydrogen-bond acceptors (Lipinski definition) is 5. The molecule has 5 nitrogen and oxygen atoms in total. The van der Waals surface area contributed by atoms with Gasteiger partial charge in [0, 0.05) is 24.5 Å². The zero-order chi connectivity index (χ0) is 15.2. The van der Waals surface area contributed by atoms with Crippen molar-refractivity contribution in [1.82, 2.24) is 9.97 Å². The fourth-order valence-electron chi connectivity index (χ4n) is 1.72. The van der Waals surface area contributed by atoms with Crippen LogP contribution in [0, 0.1) is 11.3 Å². The number of aromatic nitrogens is 2. The van der Waals surface area contributed by atoms with Crippen LogP contribution in [0.25, 0.3) is 0 Å². The predicted octanol–water partition coefficient (Wildman–Crippen LogP) is 3.40. The SMILES string of the molecule is CC(C)Oc1ncccc1CNc1nccc(C#N)c1Cl. The molecule has 2 rings (SSSR count). The normalized spacial score (nSPS) is 10.2. The maximum atomic E-state index is 8.95. The van der Waals surface area contributed by atoms with Gasteiger partial charge in [-0.05, 0) is 26.0 Å². The molecule has 1 N–H and O–H groups in total. The first-order chi connectivity index (χ1) is 10.1. The molecular weight excluding hydrogens is 288 g/mol. The van der Waals surface area contributed by atoms with Gasteiger partial charge in [0.25, 0.3) is 0 Å². The van der Waals surface area contributed by atoms with E-state index in [2.05, 4.69) is 15.3 Å². The molecule has 0 unspecified atom stereocenters. The number of halogens is 1. The van der Waals surface area contributed by atoms with Crippen molar-refractivity contribution in [3.63, 3.8) is 0 Å². The van der Waals surface area contributed by atoms with E-state index >= 15 is 0 Å². The monoisotopic (exact) mass is 302 g/mol. The molecule has 2 heterocycles. The Morgan fingerprint density at radius 1 is 1.33 bits per heavy atom. The molecule has 2 aromatic heterocycles. The molecule has 0 aliphatic rings. The van der Waals surface area contributed by atoms with Crippen LogP contribution in [0.1, 0.15) is 25.0 Å². The number of anilines is 1. The Kier molecular flexibility index (Phi) is 4.96. The van der Waals surface area contributed by atoms with Gasteiger partial charge in [-0.2, -0.15) is 5.26 Å². The molecule has 2 aromatic rings. The summed E-state index contributed by atoms with van der Waals surface area (Å²) in [5.41, 5.74) is 1.28. The van der Waals surface area contributed by atoms with Crippen molar-refractivity contribution >= 4 is 17.4 Å². The van der Waals surface area contributed by atoms with Crippen molar-refractivity contribution in [3.05, 3.63) is 46.7 Å². The summed E-state index contributed by atoms with van der Waals surface area (Å²) in [5.74, 6) is 1.04. The van der Waals surface area contributed by atoms with Crippen LogP contribution < -0.4 is 10.1 Å². The Morgan fingerprint density at radius 2 is 2.14 bits per heavy atom. The van der Waals surface area contributed by atoms with E-state index in [0.29, 0.717) is 28.8 Å². The maximum Gasteiger partial charge on any atom is 0.218 e. The van der Waals surface area contributed by atoms with Crippen molar-refractivity contribution in [2.75, 3.05) is 5.32 Å². The number of rotatable bonds is 5. The van der Waals surface area contributed by atoms with E-state index in [0.717, 1.165) is 5.56 Å². The van der Waals surface area contributed by atoms with Crippen LogP contribution in [0.4, 0.5) is 5.82 Å². The van der Waals surface area contributed by atoms with Gasteiger partial charge < -0.3 is 10.1 Å². The van der Waals surface area contributed by atoms with Crippen molar-refractivity contribution in [2.45, 2.75) is 26.5 Å². The average molecular weight is 303 g/mol. The molecule has 0 bridgehead atoms. The molecule has 0 fully saturated rings. The average Bonchev–Trinajstić information content (AvgIpc) is 2.47. The molecule has 21 heavy (non-hydrogen) atoms. The molecule has 0 saturated heterocycles. The van der Waals surface area contributed by atoms with Crippen LogP contribution in [0.15, 0.2) is 30.6 Å². The minimum atomic E-state index is 0.0438. The Balaban J connectivity index is 2.16. The van der Waals surface area contributed by atoms with Crippen LogP contribution in [0.3, 0.4) is 0 Å². The van der Waals surface area contributed by atoms with Gasteiger partial charge in [0.2, 0.25) is 5.88 Å². The highest BCUT2D eigenvalue weighted by atomic mass is 35.5. The minimum absolute atomic E-state index is 0.0438. The second kappa shape index (κ2) is 6.91. The van der Waals surface area contributed by atoms with E-state index in [1.807, 2.05) is 32.0 Å². The Labute approximate surface area is 128 Å². The molecule has 0 aromatic carbocycles. The highest BCUT2D eigenvalue weighted by Crippen LogP contribution is 2.24. The maximum absolute atomic E-state index is 8.95. The molecule has 0 saturated carbocycles. The number of ether oxygens (including phenoxy) is 1. The van der Waals surface area contributed by atoms with Gasteiger partial charge in [0.1, 0.15) is 16.9 Å². The lowest BCUT2D eigenvalue weighted by molar-refractivity contribution is 0.230. The van der Waals surface area contributed by atoms with Crippen LogP contribution in [0.2, 0.25) is 5.02 Å². The summed E-state index contributed by atoms with van der Waals surface area (Å²) in [6.45, 7) is 4.35. The van der Waals surface area contributed by atoms with Gasteiger partial charge in [-0.3, -0.25) is 0 Å². The third-order valence-electron chi connectivity index (χ3n) is 2.65. The summed E-state index contributed by atoms with van der Waals surface area (Å²) >= 11 is 6.10. The second-order valence-electron chi connectivity index (χ2n) is 4.62. The van der Waals surface area contributed by atoms with Gasteiger partial charge in [-0.1, -0.05) is 17.7 Å². The fraction of sp³-hybridized carbons (Fsp3) is 0.267. The second-order valence-corrected chi connectivity index (χ2v) is 5.00. The quantitative estimate of drug-likeness (QED) is 0.916. The predicted molar refractivity (Wildman–Crippen MR) is 81.3 cm³/mol. The molecule has 0 aliphatic heterocycles. The number of nitrogens with one attached hydrogen (secondary N) is 1. The number of nitrogens with zero attached hydrogens (tertiary/aromatic N) is 3. The van der Waals surface area contributed by atoms with Crippen LogP contribution in [-0.4, -0.2) is 16.1 Å². The van der Waals surface area contributed by atoms with E-state index in [9.17, 15) is 0 Å². The lowest BCUT2D eigenvalue weighted by atomic mass is 10.2. The summed E-state index contributed by atoms with van der Waals surface area (Å²) in [6.07, 6.45) is 3.27. The van der Waals surface area contributed by atoms with E-state index in [4.69, 9.17) is 21.6 Å². The Hall–Kier alpha value is -2.32. The summed E-state index contributed by atoms with van der Waals surface area (Å²) in [4.78, 5) is 8.36. The standard InChI is InChI=1S/C15H15ClN4O/c1-10(2)21-15-12(4-3-6-19-15)9-20-14-13(16)11(8-17)5-7-18-14/h3-7,10H,9H2,1-2H3,(H,18,20). The smallest absolute Gasteiger partial charge is 0.218 e. The number of nitriles is 1. The van der Waals surface area contributed by atoms with Crippen molar-refractivity contribution in [2.24, 2.45) is 0 Å². The molecule has 0 atom stereocenters. The van der Waals surface area contributed by atoms with Crippen LogP contribution in [-0.2, 0) is 6.54 Å². The third kappa shape index (κ3) is 3.83. The highest BCUT2D eigenvalue weighted by molar-refractivity contribution is 6.34. The zero-order valence-electron chi connectivity index (χ0n) is 11.8. The summed E-state index contributed by atoms with van der Waals surface area (Å²) < 4.78 is 5.65. The molecule has 0 aliphatic carbocycles. The molecule has 108 valence electrons. The van der Waals surface area contributed by atoms with Gasteiger partial charge >= 0.3 is 0 Å². The Bertz CT molecular complexity index is 667. The van der Waals surface area contributed by atoms with Gasteiger partial charge in [-0.15, -0.1) is 0 Å². The lowest BCUT2D eigenvalue weighted by Crippen LogP contribution is -2.11. The Morgan fingerprint density at radius 3 is 2.86 bits per heavy atom. The van der Waals surface area contributed by atoms with E-state index in [1.165, 1.54) is 0 Å². The largest absolute Gasteiger partial charge is 0.475 e. The molecule has 0 spiro atoms. The molecule has 0 radical (unpaired) electrons. The minimum Gasteiger partial charge on any atom is -0.475 e. The molecular formula is C15H15ClN4O. The van der Waals surface area contributed by atoms with Gasteiger partial charge in [0.05, 0.1) is 11.7 Å². The van der Waals surface area contributed by atoms with Crippen molar-refractivity contribution < 1.29 is 4.74 Å². The van der Waals surface area contributed by atoms with Crippen LogP contribution >= 0.6 is 11.6 Å². The van der Waals surface area contributed by atoms with E-state index in [-0.39, 0.29) is 6.10 Å². The first-order valence-corrected chi connectivity index (χ1v) is 6.88. The van der Waals surface area contributed by atoms with Crippen molar-refractivity contribution in [1.29, 1.82) is 5.26 Å². The van der Waals surface area contributed by atoms with Crippen molar-refractivity contribution in [3.8, 4) is 11.9 Å². The summed E-state index contributed by atoms with van der Waals surface area (Å²) in [5, 5.41) is 12.4. The third-order valence-corrected chi connectivity index (χ3v) is 3.04. The van der Waals surface area contributed by atoms with Gasteiger partial charge in [0.15, 0.2) is 0 Å². The molecule has 6 heteroatoms. The van der Waals surface area contributed by atoms with Gasteiger partial charge in [-0.25, -0.2) is 9.97 Å². The lowest BCUT2D eigenvalue weighted by Gasteiger charge is -2.14. The zero-order valence-corrected chi connectivity index (χ0v) is 12.6. The summed E-state index contributed by atoms with van der Waals surface area (Å²) in [6, 6.07) is 7.35. The summed E-state index contributed by atoms with van der Waals surface area (Å²) in [7, 11) is 0.